The van der Waals surface area contributed by atoms with Crippen molar-refractivity contribution < 1.29 is 23.9 Å². The van der Waals surface area contributed by atoms with E-state index in [0.29, 0.717) is 25.7 Å². The molecule has 2 N–H and O–H groups in total. The minimum absolute atomic E-state index is 0.195. The van der Waals surface area contributed by atoms with Crippen molar-refractivity contribution in [2.24, 2.45) is 22.2 Å². The van der Waals surface area contributed by atoms with Gasteiger partial charge in [0.15, 0.2) is 0 Å². The largest absolute Gasteiger partial charge is 0.464 e. The smallest absolute Gasteiger partial charge is 0.328 e. The summed E-state index contributed by atoms with van der Waals surface area (Å²) in [5.74, 6) is -1.22. The number of fused-ring (bicyclic) bond motifs is 2. The first-order valence-electron chi connectivity index (χ1n) is 9.69. The van der Waals surface area contributed by atoms with Gasteiger partial charge in [-0.1, -0.05) is 34.6 Å². The Morgan fingerprint density at radius 2 is 1.59 bits per heavy atom. The molecule has 0 aromatic rings. The van der Waals surface area contributed by atoms with Gasteiger partial charge in [-0.25, -0.2) is 4.79 Å². The van der Waals surface area contributed by atoms with Crippen molar-refractivity contribution >= 4 is 23.7 Å². The van der Waals surface area contributed by atoms with Gasteiger partial charge >= 0.3 is 5.97 Å². The number of hydrogen-bond donors (Lipinski definition) is 2. The number of carbonyl (C=O) groups is 4. The zero-order valence-electron chi connectivity index (χ0n) is 17.2. The van der Waals surface area contributed by atoms with Gasteiger partial charge in [-0.3, -0.25) is 19.7 Å². The highest BCUT2D eigenvalue weighted by Crippen LogP contribution is 2.56. The van der Waals surface area contributed by atoms with Crippen LogP contribution in [0.25, 0.3) is 0 Å². The summed E-state index contributed by atoms with van der Waals surface area (Å²) in [6, 6.07) is -0.735. The van der Waals surface area contributed by atoms with Crippen molar-refractivity contribution in [1.82, 2.24) is 10.6 Å². The summed E-state index contributed by atoms with van der Waals surface area (Å²) in [5, 5.41) is 5.30. The van der Waals surface area contributed by atoms with E-state index >= 15 is 0 Å². The first kappa shape index (κ1) is 21.4. The van der Waals surface area contributed by atoms with Gasteiger partial charge in [0.1, 0.15) is 6.04 Å². The van der Waals surface area contributed by atoms with E-state index in [1.54, 1.807) is 27.7 Å². The van der Waals surface area contributed by atoms with Gasteiger partial charge in [-0.2, -0.15) is 0 Å². The van der Waals surface area contributed by atoms with E-state index in [4.69, 9.17) is 4.74 Å². The standard InChI is InChI=1S/C20H32N2O5/c1-7-27-14(23)13(8-12(2)3)21-15(24)18(4)9-19(5)11-20(6,10-18)17(26)22-16(19)25/h12-13H,7-11H2,1-6H3,(H,21,24)(H,22,25,26)/t13-,18?,19-,20+/m0/s1. The van der Waals surface area contributed by atoms with Gasteiger partial charge in [0.05, 0.1) is 6.61 Å². The molecule has 0 aromatic carbocycles. The summed E-state index contributed by atoms with van der Waals surface area (Å²) in [6.07, 6.45) is 1.56. The highest BCUT2D eigenvalue weighted by molar-refractivity contribution is 6.04. The van der Waals surface area contributed by atoms with Gasteiger partial charge < -0.3 is 10.1 Å². The number of rotatable bonds is 6. The van der Waals surface area contributed by atoms with Crippen LogP contribution in [0.4, 0.5) is 0 Å². The highest BCUT2D eigenvalue weighted by Gasteiger charge is 2.61. The summed E-state index contributed by atoms with van der Waals surface area (Å²) >= 11 is 0. The third kappa shape index (κ3) is 4.17. The molecule has 7 heteroatoms. The maximum absolute atomic E-state index is 13.2. The maximum atomic E-state index is 13.2. The van der Waals surface area contributed by atoms with Gasteiger partial charge in [0.2, 0.25) is 17.7 Å². The van der Waals surface area contributed by atoms with Crippen molar-refractivity contribution in [3.63, 3.8) is 0 Å². The summed E-state index contributed by atoms with van der Waals surface area (Å²) in [7, 11) is 0. The predicted octanol–water partition coefficient (Wildman–Crippen LogP) is 1.94. The van der Waals surface area contributed by atoms with Crippen LogP contribution < -0.4 is 10.6 Å². The highest BCUT2D eigenvalue weighted by atomic mass is 16.5. The lowest BCUT2D eigenvalue weighted by atomic mass is 9.52. The average molecular weight is 380 g/mol. The van der Waals surface area contributed by atoms with E-state index < -0.39 is 28.3 Å². The number of imide groups is 1. The molecule has 2 fully saturated rings. The topological polar surface area (TPSA) is 102 Å². The summed E-state index contributed by atoms with van der Waals surface area (Å²) in [4.78, 5) is 50.3. The van der Waals surface area contributed by atoms with E-state index in [2.05, 4.69) is 10.6 Å². The summed E-state index contributed by atoms with van der Waals surface area (Å²) in [6.45, 7) is 11.3. The Morgan fingerprint density at radius 1 is 1.07 bits per heavy atom. The summed E-state index contributed by atoms with van der Waals surface area (Å²) in [5.41, 5.74) is -2.49. The lowest BCUT2D eigenvalue weighted by Crippen LogP contribution is -2.64. The van der Waals surface area contributed by atoms with Gasteiger partial charge in [0.25, 0.3) is 0 Å². The number of piperidine rings is 1. The lowest BCUT2D eigenvalue weighted by molar-refractivity contribution is -0.165. The number of esters is 1. The van der Waals surface area contributed by atoms with Crippen LogP contribution >= 0.6 is 0 Å². The first-order chi connectivity index (χ1) is 12.3. The van der Waals surface area contributed by atoms with Gasteiger partial charge in [-0.15, -0.1) is 0 Å². The first-order valence-corrected chi connectivity index (χ1v) is 9.69. The summed E-state index contributed by atoms with van der Waals surface area (Å²) < 4.78 is 5.10. The Labute approximate surface area is 161 Å². The van der Waals surface area contributed by atoms with Crippen LogP contribution in [0.5, 0.6) is 0 Å². The third-order valence-corrected chi connectivity index (χ3v) is 5.80. The number of amides is 3. The molecule has 1 aliphatic heterocycles. The number of ether oxygens (including phenoxy) is 1. The molecule has 1 saturated heterocycles. The molecular weight excluding hydrogens is 348 g/mol. The monoisotopic (exact) mass is 380 g/mol. The van der Waals surface area contributed by atoms with Gasteiger partial charge in [0, 0.05) is 16.2 Å². The van der Waals surface area contributed by atoms with Crippen molar-refractivity contribution in [3.05, 3.63) is 0 Å². The van der Waals surface area contributed by atoms with Crippen LogP contribution in [0, 0.1) is 22.2 Å². The Kier molecular flexibility index (Phi) is 5.74. The van der Waals surface area contributed by atoms with E-state index in [1.165, 1.54) is 0 Å². The minimum Gasteiger partial charge on any atom is -0.464 e. The van der Waals surface area contributed by atoms with Crippen LogP contribution in [0.3, 0.4) is 0 Å². The van der Waals surface area contributed by atoms with Crippen molar-refractivity contribution in [3.8, 4) is 0 Å². The molecule has 1 unspecified atom stereocenters. The molecule has 4 atom stereocenters. The molecule has 7 nitrogen and oxygen atoms in total. The molecule has 1 heterocycles. The van der Waals surface area contributed by atoms with E-state index in [-0.39, 0.29) is 30.2 Å². The second-order valence-corrected chi connectivity index (χ2v) is 9.40. The van der Waals surface area contributed by atoms with Crippen LogP contribution in [-0.4, -0.2) is 36.3 Å². The second kappa shape index (κ2) is 7.24. The molecule has 0 aromatic heterocycles. The zero-order valence-corrected chi connectivity index (χ0v) is 17.2. The van der Waals surface area contributed by atoms with Crippen LogP contribution in [-0.2, 0) is 23.9 Å². The number of hydrogen-bond acceptors (Lipinski definition) is 5. The van der Waals surface area contributed by atoms with E-state index in [0.717, 1.165) is 0 Å². The lowest BCUT2D eigenvalue weighted by Gasteiger charge is -2.53. The SMILES string of the molecule is CCOC(=O)[C@H](CC(C)C)NC(=O)C1(C)C[C@@]2(C)C[C@@](C)(C1)C(=O)NC2=O. The van der Waals surface area contributed by atoms with Crippen molar-refractivity contribution in [2.75, 3.05) is 6.61 Å². The predicted molar refractivity (Wildman–Crippen MR) is 99.3 cm³/mol. The molecule has 3 amide bonds. The van der Waals surface area contributed by atoms with E-state index in [9.17, 15) is 19.2 Å². The Balaban J connectivity index is 2.26. The molecule has 0 spiro atoms. The third-order valence-electron chi connectivity index (χ3n) is 5.80. The molecule has 1 aliphatic carbocycles. The Morgan fingerprint density at radius 3 is 2.04 bits per heavy atom. The molecule has 27 heavy (non-hydrogen) atoms. The molecule has 2 bridgehead atoms. The zero-order chi connectivity index (χ0) is 20.6. The fourth-order valence-corrected chi connectivity index (χ4v) is 4.92. The van der Waals surface area contributed by atoms with Crippen molar-refractivity contribution in [1.29, 1.82) is 0 Å². The molecule has 0 radical (unpaired) electrons. The number of nitrogens with one attached hydrogen (secondary N) is 2. The fourth-order valence-electron chi connectivity index (χ4n) is 4.92. The fraction of sp³-hybridized carbons (Fsp3) is 0.800. The maximum Gasteiger partial charge on any atom is 0.328 e. The van der Waals surface area contributed by atoms with E-state index in [1.807, 2.05) is 13.8 Å². The molecule has 1 saturated carbocycles. The van der Waals surface area contributed by atoms with Gasteiger partial charge in [-0.05, 0) is 38.5 Å². The van der Waals surface area contributed by atoms with Crippen LogP contribution in [0.2, 0.25) is 0 Å². The number of carbonyl (C=O) groups excluding carboxylic acids is 4. The normalized spacial score (nSPS) is 34.0. The second-order valence-electron chi connectivity index (χ2n) is 9.40. The average Bonchev–Trinajstić information content (AvgIpc) is 2.51. The Bertz CT molecular complexity index is 631. The molecular formula is C20H32N2O5. The molecule has 152 valence electrons. The van der Waals surface area contributed by atoms with Crippen LogP contribution in [0.15, 0.2) is 0 Å². The molecule has 2 rings (SSSR count). The molecule has 2 aliphatic rings. The quantitative estimate of drug-likeness (QED) is 0.542. The minimum atomic E-state index is -0.920. The van der Waals surface area contributed by atoms with Crippen LogP contribution in [0.1, 0.15) is 67.2 Å². The van der Waals surface area contributed by atoms with Crippen molar-refractivity contribution in [2.45, 2.75) is 73.3 Å². The Hall–Kier alpha value is -1.92.